The van der Waals surface area contributed by atoms with Gasteiger partial charge in [0.15, 0.2) is 0 Å². The Bertz CT molecular complexity index is 570. The molecule has 1 N–H and O–H groups in total. The minimum atomic E-state index is -2.08. The van der Waals surface area contributed by atoms with Gasteiger partial charge in [0, 0.05) is 23.7 Å². The zero-order chi connectivity index (χ0) is 18.3. The second kappa shape index (κ2) is 11.8. The van der Waals surface area contributed by atoms with Gasteiger partial charge >= 0.3 is 51.4 Å². The van der Waals surface area contributed by atoms with E-state index in [1.165, 1.54) is 6.07 Å². The van der Waals surface area contributed by atoms with Crippen LogP contribution in [0.3, 0.4) is 0 Å². The topological polar surface area (TPSA) is 116 Å². The van der Waals surface area contributed by atoms with Gasteiger partial charge in [0.2, 0.25) is 6.16 Å². The second-order valence-electron chi connectivity index (χ2n) is 5.85. The van der Waals surface area contributed by atoms with Gasteiger partial charge in [0.05, 0.1) is 12.0 Å². The standard InChI is InChI=1S/C15H22N2O3.CH2O3.K/c1-11(2)16-8-6-12(7-9-16)14-10-13(17(18)19)4-5-15(14)20-3;2-1(3)4;/h4-5,10-12H,6-9H2,1-3H3;(H2,2,3,4);/q;;+1/p-1. The van der Waals surface area contributed by atoms with Gasteiger partial charge in [-0.25, -0.2) is 0 Å². The van der Waals surface area contributed by atoms with Crippen LogP contribution < -0.4 is 61.2 Å². The van der Waals surface area contributed by atoms with Gasteiger partial charge in [0.25, 0.3) is 5.69 Å². The third-order valence-electron chi connectivity index (χ3n) is 4.12. The molecule has 25 heavy (non-hydrogen) atoms. The molecule has 2 rings (SSSR count). The van der Waals surface area contributed by atoms with Gasteiger partial charge < -0.3 is 24.6 Å². The summed E-state index contributed by atoms with van der Waals surface area (Å²) in [5.41, 5.74) is 1.12. The molecule has 1 saturated heterocycles. The first kappa shape index (κ1) is 24.3. The maximum absolute atomic E-state index is 10.9. The summed E-state index contributed by atoms with van der Waals surface area (Å²) in [6.45, 7) is 6.48. The molecule has 1 aromatic rings. The molecule has 1 fully saturated rings. The van der Waals surface area contributed by atoms with Crippen molar-refractivity contribution in [3.63, 3.8) is 0 Å². The summed E-state index contributed by atoms with van der Waals surface area (Å²) in [5.74, 6) is 1.11. The molecule has 0 amide bonds. The van der Waals surface area contributed by atoms with Crippen molar-refractivity contribution in [1.82, 2.24) is 4.90 Å². The average Bonchev–Trinajstić information content (AvgIpc) is 2.53. The number of carbonyl (C=O) groups is 1. The molecule has 0 atom stereocenters. The molecular weight excluding hydrogens is 355 g/mol. The van der Waals surface area contributed by atoms with E-state index in [4.69, 9.17) is 19.7 Å². The number of methoxy groups -OCH3 is 1. The van der Waals surface area contributed by atoms with Crippen LogP contribution in [0.5, 0.6) is 5.75 Å². The van der Waals surface area contributed by atoms with Crippen molar-refractivity contribution in [3.05, 3.63) is 33.9 Å². The summed E-state index contributed by atoms with van der Waals surface area (Å²) in [6, 6.07) is 5.45. The fraction of sp³-hybridized carbons (Fsp3) is 0.562. The van der Waals surface area contributed by atoms with E-state index in [0.29, 0.717) is 12.0 Å². The molecule has 8 nitrogen and oxygen atoms in total. The van der Waals surface area contributed by atoms with Gasteiger partial charge in [-0.2, -0.15) is 0 Å². The Morgan fingerprint density at radius 1 is 1.36 bits per heavy atom. The number of ether oxygens (including phenoxy) is 1. The number of piperidine rings is 1. The number of non-ortho nitro benzene ring substituents is 1. The molecule has 1 heterocycles. The van der Waals surface area contributed by atoms with Crippen LogP contribution in [-0.2, 0) is 0 Å². The SMILES string of the molecule is COc1ccc([N+](=O)[O-])cc1C1CCN(C(C)C)CC1.O=C([O-])O.[K+]. The number of carboxylic acid groups (broad SMARTS) is 2. The molecule has 1 aliphatic rings. The van der Waals surface area contributed by atoms with Gasteiger partial charge in [-0.1, -0.05) is 0 Å². The smallest absolute Gasteiger partial charge is 0.565 e. The first-order valence-corrected chi connectivity index (χ1v) is 7.72. The minimum absolute atomic E-state index is 0. The van der Waals surface area contributed by atoms with Crippen molar-refractivity contribution in [2.45, 2.75) is 38.6 Å². The molecule has 0 saturated carbocycles. The number of nitro groups is 1. The predicted octanol–water partition coefficient (Wildman–Crippen LogP) is -0.917. The normalized spacial score (nSPS) is 14.9. The van der Waals surface area contributed by atoms with Crippen LogP contribution in [0, 0.1) is 10.1 Å². The Kier molecular flexibility index (Phi) is 11.5. The van der Waals surface area contributed by atoms with Crippen molar-refractivity contribution in [1.29, 1.82) is 0 Å². The molecular formula is C16H23KN2O6. The second-order valence-corrected chi connectivity index (χ2v) is 5.85. The summed E-state index contributed by atoms with van der Waals surface area (Å²) >= 11 is 0. The number of rotatable bonds is 4. The van der Waals surface area contributed by atoms with Crippen LogP contribution in [0.2, 0.25) is 0 Å². The first-order chi connectivity index (χ1) is 11.3. The summed E-state index contributed by atoms with van der Waals surface area (Å²) in [5, 5.41) is 26.2. The molecule has 1 aromatic carbocycles. The fourth-order valence-corrected chi connectivity index (χ4v) is 2.88. The molecule has 0 bridgehead atoms. The van der Waals surface area contributed by atoms with Crippen molar-refractivity contribution in [2.75, 3.05) is 20.2 Å². The average molecular weight is 378 g/mol. The van der Waals surface area contributed by atoms with Crippen molar-refractivity contribution in [2.24, 2.45) is 0 Å². The third kappa shape index (κ3) is 8.01. The Balaban J connectivity index is 0.00000104. The minimum Gasteiger partial charge on any atom is -0.565 e. The molecule has 0 aromatic heterocycles. The van der Waals surface area contributed by atoms with E-state index >= 15 is 0 Å². The first-order valence-electron chi connectivity index (χ1n) is 7.72. The van der Waals surface area contributed by atoms with Gasteiger partial charge in [-0.05, 0) is 51.8 Å². The van der Waals surface area contributed by atoms with Gasteiger partial charge in [-0.15, -0.1) is 0 Å². The van der Waals surface area contributed by atoms with E-state index in [-0.39, 0.29) is 62.0 Å². The van der Waals surface area contributed by atoms with Crippen molar-refractivity contribution < 1.29 is 76.1 Å². The molecule has 134 valence electrons. The molecule has 0 unspecified atom stereocenters. The molecule has 0 aliphatic carbocycles. The number of nitro benzene ring substituents is 1. The zero-order valence-electron chi connectivity index (χ0n) is 15.1. The van der Waals surface area contributed by atoms with E-state index in [0.717, 1.165) is 37.2 Å². The fourth-order valence-electron chi connectivity index (χ4n) is 2.88. The summed E-state index contributed by atoms with van der Waals surface area (Å²) in [7, 11) is 1.62. The predicted molar refractivity (Wildman–Crippen MR) is 86.4 cm³/mol. The van der Waals surface area contributed by atoms with Crippen LogP contribution in [0.1, 0.15) is 38.2 Å². The Hall–Kier alpha value is -0.714. The Morgan fingerprint density at radius 3 is 2.28 bits per heavy atom. The monoisotopic (exact) mass is 378 g/mol. The number of likely N-dealkylation sites (tertiary alicyclic amines) is 1. The van der Waals surface area contributed by atoms with Crippen molar-refractivity contribution in [3.8, 4) is 5.75 Å². The zero-order valence-corrected chi connectivity index (χ0v) is 18.2. The number of benzene rings is 1. The van der Waals surface area contributed by atoms with Gasteiger partial charge in [0.1, 0.15) is 5.75 Å². The maximum Gasteiger partial charge on any atom is 1.00 e. The molecule has 9 heteroatoms. The Morgan fingerprint density at radius 2 is 1.88 bits per heavy atom. The number of hydrogen-bond acceptors (Lipinski definition) is 6. The van der Waals surface area contributed by atoms with Gasteiger partial charge in [-0.3, -0.25) is 10.1 Å². The van der Waals surface area contributed by atoms with E-state index in [2.05, 4.69) is 18.7 Å². The van der Waals surface area contributed by atoms with Crippen LogP contribution in [0.25, 0.3) is 0 Å². The van der Waals surface area contributed by atoms with E-state index in [1.807, 2.05) is 0 Å². The molecule has 0 radical (unpaired) electrons. The van der Waals surface area contributed by atoms with E-state index < -0.39 is 6.16 Å². The van der Waals surface area contributed by atoms with Crippen LogP contribution in [0.4, 0.5) is 10.5 Å². The summed E-state index contributed by atoms with van der Waals surface area (Å²) in [4.78, 5) is 21.5. The number of hydrogen-bond donors (Lipinski definition) is 1. The van der Waals surface area contributed by atoms with Crippen LogP contribution in [0.15, 0.2) is 18.2 Å². The molecule has 0 spiro atoms. The molecule has 1 aliphatic heterocycles. The van der Waals surface area contributed by atoms with Crippen LogP contribution >= 0.6 is 0 Å². The number of nitrogens with zero attached hydrogens (tertiary/aromatic N) is 2. The van der Waals surface area contributed by atoms with Crippen molar-refractivity contribution >= 4 is 11.8 Å². The maximum atomic E-state index is 10.9. The quantitative estimate of drug-likeness (QED) is 0.409. The van der Waals surface area contributed by atoms with Crippen LogP contribution in [-0.4, -0.2) is 47.3 Å². The van der Waals surface area contributed by atoms with E-state index in [1.54, 1.807) is 19.2 Å². The summed E-state index contributed by atoms with van der Waals surface area (Å²) in [6.07, 6.45) is -0.0363. The Labute approximate surface area is 189 Å². The third-order valence-corrected chi connectivity index (χ3v) is 4.12. The van der Waals surface area contributed by atoms with E-state index in [9.17, 15) is 10.1 Å². The summed E-state index contributed by atoms with van der Waals surface area (Å²) < 4.78 is 5.37. The largest absolute Gasteiger partial charge is 1.00 e.